The van der Waals surface area contributed by atoms with E-state index in [4.69, 9.17) is 0 Å². The van der Waals surface area contributed by atoms with Crippen LogP contribution >= 0.6 is 0 Å². The van der Waals surface area contributed by atoms with Crippen molar-refractivity contribution in [2.24, 2.45) is 5.41 Å². The first-order chi connectivity index (χ1) is 11.6. The van der Waals surface area contributed by atoms with Crippen LogP contribution in [0.5, 0.6) is 0 Å². The van der Waals surface area contributed by atoms with Crippen molar-refractivity contribution < 1.29 is 13.2 Å². The summed E-state index contributed by atoms with van der Waals surface area (Å²) in [5.41, 5.74) is 1.10. The molecule has 0 radical (unpaired) electrons. The Balaban J connectivity index is 2.00. The quantitative estimate of drug-likeness (QED) is 0.805. The lowest BCUT2D eigenvalue weighted by atomic mass is 9.91. The van der Waals surface area contributed by atoms with Gasteiger partial charge >= 0.3 is 0 Å². The fourth-order valence-corrected chi connectivity index (χ4v) is 4.43. The first-order valence-electron chi connectivity index (χ1n) is 9.00. The third-order valence-corrected chi connectivity index (χ3v) is 6.29. The zero-order valence-corrected chi connectivity index (χ0v) is 16.6. The van der Waals surface area contributed by atoms with Crippen molar-refractivity contribution in [1.82, 2.24) is 9.21 Å². The number of carbonyl (C=O) groups excluding carboxylic acids is 1. The molecule has 0 aromatic heterocycles. The van der Waals surface area contributed by atoms with Crippen molar-refractivity contribution in [3.63, 3.8) is 0 Å². The normalized spacial score (nSPS) is 16.9. The summed E-state index contributed by atoms with van der Waals surface area (Å²) in [7, 11) is -3.48. The molecular weight excluding hydrogens is 336 g/mol. The predicted molar refractivity (Wildman–Crippen MR) is 99.8 cm³/mol. The average Bonchev–Trinajstić information content (AvgIpc) is 2.54. The van der Waals surface area contributed by atoms with Crippen molar-refractivity contribution in [1.29, 1.82) is 0 Å². The van der Waals surface area contributed by atoms with Gasteiger partial charge in [0.05, 0.1) is 4.90 Å². The van der Waals surface area contributed by atoms with E-state index in [2.05, 4.69) is 6.92 Å². The van der Waals surface area contributed by atoms with Gasteiger partial charge in [-0.05, 0) is 29.5 Å². The third kappa shape index (κ3) is 5.28. The van der Waals surface area contributed by atoms with Crippen LogP contribution in [0.15, 0.2) is 29.2 Å². The van der Waals surface area contributed by atoms with Gasteiger partial charge in [0.1, 0.15) is 0 Å². The maximum Gasteiger partial charge on any atom is 0.243 e. The molecule has 1 fully saturated rings. The summed E-state index contributed by atoms with van der Waals surface area (Å²) in [5.74, 6) is 0.105. The first kappa shape index (κ1) is 19.9. The van der Waals surface area contributed by atoms with Gasteiger partial charge in [0.15, 0.2) is 0 Å². The van der Waals surface area contributed by atoms with Crippen molar-refractivity contribution in [3.05, 3.63) is 29.8 Å². The van der Waals surface area contributed by atoms with Crippen LogP contribution < -0.4 is 0 Å². The third-order valence-electron chi connectivity index (χ3n) is 4.37. The Morgan fingerprint density at radius 2 is 1.60 bits per heavy atom. The number of carbonyl (C=O) groups is 1. The number of aryl methyl sites for hydroxylation is 1. The fraction of sp³-hybridized carbons (Fsp3) is 0.632. The van der Waals surface area contributed by atoms with E-state index < -0.39 is 10.0 Å². The Hall–Kier alpha value is -1.40. The molecule has 140 valence electrons. The maximum absolute atomic E-state index is 12.8. The molecule has 0 atom stereocenters. The Kier molecular flexibility index (Phi) is 6.27. The Morgan fingerprint density at radius 1 is 1.04 bits per heavy atom. The summed E-state index contributed by atoms with van der Waals surface area (Å²) >= 11 is 0. The highest BCUT2D eigenvalue weighted by atomic mass is 32.2. The van der Waals surface area contributed by atoms with Gasteiger partial charge in [0.25, 0.3) is 0 Å². The van der Waals surface area contributed by atoms with Crippen molar-refractivity contribution in [3.8, 4) is 0 Å². The SMILES string of the molecule is CCCc1ccc(S(=O)(=O)N2CCN(C(=O)CC(C)(C)C)CC2)cc1. The van der Waals surface area contributed by atoms with Crippen LogP contribution in [-0.4, -0.2) is 49.7 Å². The van der Waals surface area contributed by atoms with Crippen LogP contribution in [0.25, 0.3) is 0 Å². The number of amides is 1. The second kappa shape index (κ2) is 7.87. The highest BCUT2D eigenvalue weighted by Crippen LogP contribution is 2.22. The van der Waals surface area contributed by atoms with Crippen LogP contribution in [0.3, 0.4) is 0 Å². The zero-order chi connectivity index (χ0) is 18.7. The molecule has 1 amide bonds. The van der Waals surface area contributed by atoms with Gasteiger partial charge in [-0.2, -0.15) is 4.31 Å². The Bertz CT molecular complexity index is 682. The van der Waals surface area contributed by atoms with Crippen molar-refractivity contribution in [2.75, 3.05) is 26.2 Å². The molecule has 2 rings (SSSR count). The Morgan fingerprint density at radius 3 is 2.08 bits per heavy atom. The van der Waals surface area contributed by atoms with Gasteiger partial charge in [-0.1, -0.05) is 46.2 Å². The van der Waals surface area contributed by atoms with Crippen LogP contribution in [-0.2, 0) is 21.2 Å². The maximum atomic E-state index is 12.8. The predicted octanol–water partition coefficient (Wildman–Crippen LogP) is 2.91. The second-order valence-electron chi connectivity index (χ2n) is 7.92. The lowest BCUT2D eigenvalue weighted by Gasteiger charge is -2.35. The van der Waals surface area contributed by atoms with E-state index in [0.29, 0.717) is 37.5 Å². The molecule has 0 bridgehead atoms. The van der Waals surface area contributed by atoms with E-state index in [1.165, 1.54) is 4.31 Å². The molecule has 0 unspecified atom stereocenters. The monoisotopic (exact) mass is 366 g/mol. The number of benzene rings is 1. The molecule has 6 heteroatoms. The molecule has 5 nitrogen and oxygen atoms in total. The van der Waals surface area contributed by atoms with E-state index in [1.807, 2.05) is 32.9 Å². The molecular formula is C19H30N2O3S. The van der Waals surface area contributed by atoms with Crippen molar-refractivity contribution >= 4 is 15.9 Å². The molecule has 0 N–H and O–H groups in total. The second-order valence-corrected chi connectivity index (χ2v) is 9.85. The molecule has 1 aromatic carbocycles. The van der Waals surface area contributed by atoms with E-state index in [-0.39, 0.29) is 11.3 Å². The molecule has 1 aliphatic rings. The minimum absolute atomic E-state index is 0.0550. The standard InChI is InChI=1S/C19H30N2O3S/c1-5-6-16-7-9-17(10-8-16)25(23,24)21-13-11-20(12-14-21)18(22)15-19(2,3)4/h7-10H,5-6,11-15H2,1-4H3. The highest BCUT2D eigenvalue weighted by molar-refractivity contribution is 7.89. The topological polar surface area (TPSA) is 57.7 Å². The molecule has 25 heavy (non-hydrogen) atoms. The number of hydrogen-bond donors (Lipinski definition) is 0. The highest BCUT2D eigenvalue weighted by Gasteiger charge is 2.31. The van der Waals surface area contributed by atoms with Crippen LogP contribution in [0.1, 0.15) is 46.1 Å². The summed E-state index contributed by atoms with van der Waals surface area (Å²) in [6.45, 7) is 9.84. The molecule has 1 saturated heterocycles. The van der Waals surface area contributed by atoms with Gasteiger partial charge in [0.2, 0.25) is 15.9 Å². The summed E-state index contributed by atoms with van der Waals surface area (Å²) in [5, 5.41) is 0. The van der Waals surface area contributed by atoms with E-state index in [9.17, 15) is 13.2 Å². The Labute approximate surface area is 152 Å². The van der Waals surface area contributed by atoms with Gasteiger partial charge < -0.3 is 4.90 Å². The molecule has 0 aliphatic carbocycles. The molecule has 1 aromatic rings. The van der Waals surface area contributed by atoms with Gasteiger partial charge in [0, 0.05) is 32.6 Å². The van der Waals surface area contributed by atoms with Crippen LogP contribution in [0.4, 0.5) is 0 Å². The van der Waals surface area contributed by atoms with Gasteiger partial charge in [-0.3, -0.25) is 4.79 Å². The number of hydrogen-bond acceptors (Lipinski definition) is 3. The number of rotatable bonds is 5. The van der Waals surface area contributed by atoms with E-state index in [1.54, 1.807) is 17.0 Å². The zero-order valence-electron chi connectivity index (χ0n) is 15.8. The molecule has 0 saturated carbocycles. The van der Waals surface area contributed by atoms with E-state index in [0.717, 1.165) is 18.4 Å². The molecule has 0 spiro atoms. The van der Waals surface area contributed by atoms with Gasteiger partial charge in [-0.15, -0.1) is 0 Å². The summed E-state index contributed by atoms with van der Waals surface area (Å²) in [6, 6.07) is 7.16. The number of nitrogens with zero attached hydrogens (tertiary/aromatic N) is 2. The lowest BCUT2D eigenvalue weighted by molar-refractivity contribution is -0.134. The van der Waals surface area contributed by atoms with Crippen LogP contribution in [0.2, 0.25) is 0 Å². The molecule has 1 aliphatic heterocycles. The summed E-state index contributed by atoms with van der Waals surface area (Å²) < 4.78 is 27.1. The summed E-state index contributed by atoms with van der Waals surface area (Å²) in [6.07, 6.45) is 2.48. The number of sulfonamides is 1. The first-order valence-corrected chi connectivity index (χ1v) is 10.4. The van der Waals surface area contributed by atoms with Gasteiger partial charge in [-0.25, -0.2) is 8.42 Å². The smallest absolute Gasteiger partial charge is 0.243 e. The lowest BCUT2D eigenvalue weighted by Crippen LogP contribution is -2.50. The average molecular weight is 367 g/mol. The van der Waals surface area contributed by atoms with E-state index >= 15 is 0 Å². The fourth-order valence-electron chi connectivity index (χ4n) is 3.01. The number of piperazine rings is 1. The molecule has 1 heterocycles. The van der Waals surface area contributed by atoms with Crippen LogP contribution in [0, 0.1) is 5.41 Å². The summed E-state index contributed by atoms with van der Waals surface area (Å²) in [4.78, 5) is 14.4. The minimum Gasteiger partial charge on any atom is -0.340 e. The minimum atomic E-state index is -3.48. The van der Waals surface area contributed by atoms with Crippen molar-refractivity contribution in [2.45, 2.75) is 51.9 Å². The largest absolute Gasteiger partial charge is 0.340 e.